The van der Waals surface area contributed by atoms with Crippen molar-refractivity contribution in [3.05, 3.63) is 59.7 Å². The highest BCUT2D eigenvalue weighted by molar-refractivity contribution is 5.97. The summed E-state index contributed by atoms with van der Waals surface area (Å²) in [4.78, 5) is 23.9. The topological polar surface area (TPSA) is 70.2 Å². The molecular formula is C18H21N3O2. The van der Waals surface area contributed by atoms with E-state index < -0.39 is 6.04 Å². The second kappa shape index (κ2) is 7.45. The van der Waals surface area contributed by atoms with E-state index in [-0.39, 0.29) is 11.8 Å². The lowest BCUT2D eigenvalue weighted by atomic mass is 10.1. The average Bonchev–Trinajstić information content (AvgIpc) is 2.56. The molecule has 0 saturated heterocycles. The average molecular weight is 311 g/mol. The molecule has 0 aliphatic rings. The normalized spacial score (nSPS) is 11.4. The molecule has 0 spiro atoms. The first-order valence-electron chi connectivity index (χ1n) is 7.46. The highest BCUT2D eigenvalue weighted by atomic mass is 16.2. The van der Waals surface area contributed by atoms with Gasteiger partial charge in [0.2, 0.25) is 5.91 Å². The minimum atomic E-state index is -0.436. The van der Waals surface area contributed by atoms with Crippen LogP contribution in [-0.2, 0) is 4.79 Å². The van der Waals surface area contributed by atoms with Crippen LogP contribution in [0.25, 0.3) is 0 Å². The molecule has 0 fully saturated rings. The molecule has 2 rings (SSSR count). The molecule has 0 bridgehead atoms. The first kappa shape index (κ1) is 16.5. The molecule has 2 amide bonds. The van der Waals surface area contributed by atoms with Gasteiger partial charge in [-0.05, 0) is 43.7 Å². The van der Waals surface area contributed by atoms with E-state index in [4.69, 9.17) is 0 Å². The summed E-state index contributed by atoms with van der Waals surface area (Å²) < 4.78 is 0. The van der Waals surface area contributed by atoms with Crippen molar-refractivity contribution >= 4 is 23.2 Å². The summed E-state index contributed by atoms with van der Waals surface area (Å²) in [6.07, 6.45) is 0. The number of aryl methyl sites for hydroxylation is 1. The van der Waals surface area contributed by atoms with Crippen LogP contribution in [0.2, 0.25) is 0 Å². The van der Waals surface area contributed by atoms with Crippen molar-refractivity contribution in [2.75, 3.05) is 17.7 Å². The van der Waals surface area contributed by atoms with Gasteiger partial charge in [-0.2, -0.15) is 0 Å². The van der Waals surface area contributed by atoms with Gasteiger partial charge < -0.3 is 16.0 Å². The summed E-state index contributed by atoms with van der Waals surface area (Å²) in [5, 5.41) is 8.58. The zero-order valence-electron chi connectivity index (χ0n) is 13.5. The van der Waals surface area contributed by atoms with E-state index in [2.05, 4.69) is 16.0 Å². The molecule has 2 aromatic carbocycles. The van der Waals surface area contributed by atoms with Gasteiger partial charge in [-0.25, -0.2) is 0 Å². The van der Waals surface area contributed by atoms with Crippen molar-refractivity contribution < 1.29 is 9.59 Å². The van der Waals surface area contributed by atoms with Crippen molar-refractivity contribution in [2.24, 2.45) is 0 Å². The molecule has 0 aliphatic heterocycles. The Bertz CT molecular complexity index is 713. The monoisotopic (exact) mass is 311 g/mol. The Morgan fingerprint density at radius 3 is 2.48 bits per heavy atom. The molecule has 120 valence electrons. The van der Waals surface area contributed by atoms with E-state index in [1.165, 1.54) is 0 Å². The van der Waals surface area contributed by atoms with Crippen LogP contribution in [0, 0.1) is 6.92 Å². The maximum absolute atomic E-state index is 12.3. The van der Waals surface area contributed by atoms with Gasteiger partial charge >= 0.3 is 0 Å². The van der Waals surface area contributed by atoms with Gasteiger partial charge in [-0.15, -0.1) is 0 Å². The lowest BCUT2D eigenvalue weighted by Crippen LogP contribution is -2.32. The second-order valence-corrected chi connectivity index (χ2v) is 5.33. The Morgan fingerprint density at radius 2 is 1.78 bits per heavy atom. The van der Waals surface area contributed by atoms with Gasteiger partial charge in [-0.3, -0.25) is 9.59 Å². The fourth-order valence-electron chi connectivity index (χ4n) is 2.16. The third-order valence-electron chi connectivity index (χ3n) is 3.53. The van der Waals surface area contributed by atoms with E-state index in [1.807, 2.05) is 37.3 Å². The molecule has 0 aliphatic carbocycles. The molecule has 0 radical (unpaired) electrons. The van der Waals surface area contributed by atoms with E-state index in [1.54, 1.807) is 32.2 Å². The second-order valence-electron chi connectivity index (χ2n) is 5.33. The summed E-state index contributed by atoms with van der Waals surface area (Å²) in [6.45, 7) is 3.72. The predicted octanol–water partition coefficient (Wildman–Crippen LogP) is 2.79. The number of carbonyl (C=O) groups excluding carboxylic acids is 2. The van der Waals surface area contributed by atoms with Crippen LogP contribution in [0.3, 0.4) is 0 Å². The Morgan fingerprint density at radius 1 is 1.04 bits per heavy atom. The van der Waals surface area contributed by atoms with Crippen LogP contribution in [0.4, 0.5) is 11.4 Å². The minimum absolute atomic E-state index is 0.135. The summed E-state index contributed by atoms with van der Waals surface area (Å²) in [7, 11) is 1.58. The lowest BCUT2D eigenvalue weighted by molar-refractivity contribution is -0.116. The molecular weight excluding hydrogens is 290 g/mol. The summed E-state index contributed by atoms with van der Waals surface area (Å²) in [5.41, 5.74) is 3.07. The first-order chi connectivity index (χ1) is 11.0. The van der Waals surface area contributed by atoms with Crippen LogP contribution < -0.4 is 16.0 Å². The fraction of sp³-hybridized carbons (Fsp3) is 0.222. The van der Waals surface area contributed by atoms with Crippen molar-refractivity contribution in [3.63, 3.8) is 0 Å². The molecule has 0 saturated carbocycles. The molecule has 5 nitrogen and oxygen atoms in total. The highest BCUT2D eigenvalue weighted by Gasteiger charge is 2.14. The zero-order valence-corrected chi connectivity index (χ0v) is 13.5. The van der Waals surface area contributed by atoms with Crippen LogP contribution in [0.5, 0.6) is 0 Å². The van der Waals surface area contributed by atoms with Crippen LogP contribution in [0.1, 0.15) is 22.8 Å². The van der Waals surface area contributed by atoms with E-state index in [0.29, 0.717) is 5.56 Å². The molecule has 0 aromatic heterocycles. The number of benzene rings is 2. The highest BCUT2D eigenvalue weighted by Crippen LogP contribution is 2.15. The molecule has 1 unspecified atom stereocenters. The number of para-hydroxylation sites is 1. The van der Waals surface area contributed by atoms with Crippen molar-refractivity contribution in [1.82, 2.24) is 5.32 Å². The van der Waals surface area contributed by atoms with Crippen molar-refractivity contribution in [2.45, 2.75) is 19.9 Å². The maximum Gasteiger partial charge on any atom is 0.251 e. The van der Waals surface area contributed by atoms with Crippen molar-refractivity contribution in [3.8, 4) is 0 Å². The standard InChI is InChI=1S/C18H21N3O2/c1-12-7-4-5-10-16(12)21-17(22)13(2)20-15-9-6-8-14(11-15)18(23)19-3/h4-11,13,20H,1-3H3,(H,19,23)(H,21,22). The lowest BCUT2D eigenvalue weighted by Gasteiger charge is -2.16. The SMILES string of the molecule is CNC(=O)c1cccc(NC(C)C(=O)Nc2ccccc2C)c1. The van der Waals surface area contributed by atoms with Crippen LogP contribution >= 0.6 is 0 Å². The fourth-order valence-corrected chi connectivity index (χ4v) is 2.16. The smallest absolute Gasteiger partial charge is 0.251 e. The molecule has 0 heterocycles. The van der Waals surface area contributed by atoms with Gasteiger partial charge in [0.05, 0.1) is 0 Å². The Balaban J connectivity index is 2.04. The third-order valence-corrected chi connectivity index (χ3v) is 3.53. The third kappa shape index (κ3) is 4.32. The molecule has 5 heteroatoms. The largest absolute Gasteiger partial charge is 0.374 e. The minimum Gasteiger partial charge on any atom is -0.374 e. The number of rotatable bonds is 5. The molecule has 23 heavy (non-hydrogen) atoms. The van der Waals surface area contributed by atoms with Gasteiger partial charge in [0.15, 0.2) is 0 Å². The first-order valence-corrected chi connectivity index (χ1v) is 7.46. The summed E-state index contributed by atoms with van der Waals surface area (Å²) in [5.74, 6) is -0.296. The zero-order chi connectivity index (χ0) is 16.8. The number of anilines is 2. The summed E-state index contributed by atoms with van der Waals surface area (Å²) >= 11 is 0. The van der Waals surface area contributed by atoms with Gasteiger partial charge in [0, 0.05) is 24.0 Å². The molecule has 3 N–H and O–H groups in total. The Labute approximate surface area is 136 Å². The van der Waals surface area contributed by atoms with E-state index >= 15 is 0 Å². The predicted molar refractivity (Wildman–Crippen MR) is 92.7 cm³/mol. The number of amides is 2. The van der Waals surface area contributed by atoms with E-state index in [0.717, 1.165) is 16.9 Å². The summed E-state index contributed by atoms with van der Waals surface area (Å²) in [6, 6.07) is 14.2. The number of hydrogen-bond acceptors (Lipinski definition) is 3. The Kier molecular flexibility index (Phi) is 5.36. The van der Waals surface area contributed by atoms with Crippen LogP contribution in [-0.4, -0.2) is 24.9 Å². The van der Waals surface area contributed by atoms with Crippen LogP contribution in [0.15, 0.2) is 48.5 Å². The number of carbonyl (C=O) groups is 2. The van der Waals surface area contributed by atoms with Crippen molar-refractivity contribution in [1.29, 1.82) is 0 Å². The maximum atomic E-state index is 12.3. The molecule has 1 atom stereocenters. The van der Waals surface area contributed by atoms with E-state index in [9.17, 15) is 9.59 Å². The Hall–Kier alpha value is -2.82. The number of nitrogens with one attached hydrogen (secondary N) is 3. The number of hydrogen-bond donors (Lipinski definition) is 3. The van der Waals surface area contributed by atoms with Gasteiger partial charge in [0.1, 0.15) is 6.04 Å². The quantitative estimate of drug-likeness (QED) is 0.795. The molecule has 2 aromatic rings. The van der Waals surface area contributed by atoms with Gasteiger partial charge in [0.25, 0.3) is 5.91 Å². The van der Waals surface area contributed by atoms with Gasteiger partial charge in [-0.1, -0.05) is 24.3 Å².